The number of aryl methyl sites for hydroxylation is 1. The molecule has 1 amide bonds. The molecule has 5 heteroatoms. The molecule has 0 aliphatic carbocycles. The summed E-state index contributed by atoms with van der Waals surface area (Å²) in [6.45, 7) is 2.05. The van der Waals surface area contributed by atoms with Crippen LogP contribution in [0, 0.1) is 11.3 Å². The van der Waals surface area contributed by atoms with Gasteiger partial charge in [0.1, 0.15) is 6.07 Å². The average molecular weight is 342 g/mol. The molecule has 3 aromatic rings. The topological polar surface area (TPSA) is 77.8 Å². The quantitative estimate of drug-likeness (QED) is 0.715. The fourth-order valence-corrected chi connectivity index (χ4v) is 2.62. The molecule has 0 fully saturated rings. The first kappa shape index (κ1) is 17.2. The Morgan fingerprint density at radius 2 is 1.81 bits per heavy atom. The smallest absolute Gasteiger partial charge is 0.257 e. The molecule has 0 radical (unpaired) electrons. The summed E-state index contributed by atoms with van der Waals surface area (Å²) < 4.78 is 0. The number of carbonyl (C=O) groups is 1. The van der Waals surface area contributed by atoms with Crippen molar-refractivity contribution in [2.75, 3.05) is 10.6 Å². The molecule has 26 heavy (non-hydrogen) atoms. The molecule has 0 unspecified atom stereocenters. The van der Waals surface area contributed by atoms with Crippen molar-refractivity contribution in [2.45, 2.75) is 13.3 Å². The summed E-state index contributed by atoms with van der Waals surface area (Å²) in [5.41, 5.74) is 4.16. The number of nitrogens with one attached hydrogen (secondary N) is 2. The Bertz CT molecular complexity index is 975. The van der Waals surface area contributed by atoms with Crippen molar-refractivity contribution < 1.29 is 4.79 Å². The van der Waals surface area contributed by atoms with E-state index in [9.17, 15) is 10.1 Å². The minimum atomic E-state index is -0.226. The standard InChI is InChI=1S/C21H18N4O/c1-2-15-7-3-5-9-19(15)25-21(26)17-11-18(14-23-13-17)24-20-10-6-4-8-16(20)12-22/h3-11,13-14,24H,2H2,1H3,(H,25,26). The second-order valence-electron chi connectivity index (χ2n) is 5.71. The number of amides is 1. The van der Waals surface area contributed by atoms with Crippen LogP contribution in [0.15, 0.2) is 67.0 Å². The Kier molecular flexibility index (Phi) is 5.25. The Morgan fingerprint density at radius 1 is 1.08 bits per heavy atom. The van der Waals surface area contributed by atoms with Crippen LogP contribution < -0.4 is 10.6 Å². The van der Waals surface area contributed by atoms with Gasteiger partial charge in [-0.15, -0.1) is 0 Å². The van der Waals surface area contributed by atoms with Crippen molar-refractivity contribution >= 4 is 23.0 Å². The maximum Gasteiger partial charge on any atom is 0.257 e. The maximum absolute atomic E-state index is 12.6. The second kappa shape index (κ2) is 7.95. The van der Waals surface area contributed by atoms with Crippen LogP contribution in [0.1, 0.15) is 28.4 Å². The van der Waals surface area contributed by atoms with Crippen LogP contribution >= 0.6 is 0 Å². The minimum absolute atomic E-state index is 0.226. The van der Waals surface area contributed by atoms with E-state index in [2.05, 4.69) is 21.7 Å². The molecule has 128 valence electrons. The third-order valence-electron chi connectivity index (χ3n) is 3.97. The van der Waals surface area contributed by atoms with Gasteiger partial charge in [0.05, 0.1) is 28.7 Å². The number of para-hydroxylation sites is 2. The van der Waals surface area contributed by atoms with E-state index in [1.54, 1.807) is 24.4 Å². The van der Waals surface area contributed by atoms with Gasteiger partial charge in [0, 0.05) is 11.9 Å². The van der Waals surface area contributed by atoms with Crippen LogP contribution in [0.3, 0.4) is 0 Å². The van der Waals surface area contributed by atoms with Crippen molar-refractivity contribution in [2.24, 2.45) is 0 Å². The average Bonchev–Trinajstić information content (AvgIpc) is 2.69. The number of carbonyl (C=O) groups excluding carboxylic acids is 1. The number of anilines is 3. The number of nitrogens with zero attached hydrogens (tertiary/aromatic N) is 2. The summed E-state index contributed by atoms with van der Waals surface area (Å²) in [6.07, 6.45) is 3.97. The van der Waals surface area contributed by atoms with Gasteiger partial charge in [0.15, 0.2) is 0 Å². The van der Waals surface area contributed by atoms with Crippen molar-refractivity contribution in [1.29, 1.82) is 5.26 Å². The highest BCUT2D eigenvalue weighted by Crippen LogP contribution is 2.21. The molecule has 0 atom stereocenters. The first-order valence-electron chi connectivity index (χ1n) is 8.31. The second-order valence-corrected chi connectivity index (χ2v) is 5.71. The third kappa shape index (κ3) is 3.87. The third-order valence-corrected chi connectivity index (χ3v) is 3.97. The van der Waals surface area contributed by atoms with Crippen LogP contribution in [0.4, 0.5) is 17.1 Å². The summed E-state index contributed by atoms with van der Waals surface area (Å²) in [5.74, 6) is -0.226. The van der Waals surface area contributed by atoms with Crippen molar-refractivity contribution in [3.05, 3.63) is 83.7 Å². The Labute approximate surface area is 152 Å². The van der Waals surface area contributed by atoms with E-state index in [4.69, 9.17) is 0 Å². The zero-order chi connectivity index (χ0) is 18.4. The summed E-state index contributed by atoms with van der Waals surface area (Å²) in [4.78, 5) is 16.7. The number of hydrogen-bond donors (Lipinski definition) is 2. The van der Waals surface area contributed by atoms with Crippen LogP contribution in [0.25, 0.3) is 0 Å². The molecule has 0 spiro atoms. The number of pyridine rings is 1. The SMILES string of the molecule is CCc1ccccc1NC(=O)c1cncc(Nc2ccccc2C#N)c1. The van der Waals surface area contributed by atoms with Gasteiger partial charge in [-0.25, -0.2) is 0 Å². The number of rotatable bonds is 5. The fourth-order valence-electron chi connectivity index (χ4n) is 2.62. The number of nitriles is 1. The molecule has 0 saturated heterocycles. The highest BCUT2D eigenvalue weighted by Gasteiger charge is 2.10. The molecule has 2 aromatic carbocycles. The normalized spacial score (nSPS) is 10.0. The van der Waals surface area contributed by atoms with E-state index in [1.165, 1.54) is 6.20 Å². The highest BCUT2D eigenvalue weighted by atomic mass is 16.1. The first-order valence-corrected chi connectivity index (χ1v) is 8.31. The van der Waals surface area contributed by atoms with Crippen LogP contribution in [0.2, 0.25) is 0 Å². The fraction of sp³-hybridized carbons (Fsp3) is 0.0952. The monoisotopic (exact) mass is 342 g/mol. The minimum Gasteiger partial charge on any atom is -0.353 e. The van der Waals surface area contributed by atoms with Gasteiger partial charge in [-0.3, -0.25) is 9.78 Å². The molecular formula is C21H18N4O. The van der Waals surface area contributed by atoms with Gasteiger partial charge in [0.25, 0.3) is 5.91 Å². The van der Waals surface area contributed by atoms with E-state index in [0.717, 1.165) is 17.7 Å². The van der Waals surface area contributed by atoms with E-state index < -0.39 is 0 Å². The molecule has 5 nitrogen and oxygen atoms in total. The lowest BCUT2D eigenvalue weighted by atomic mass is 10.1. The lowest BCUT2D eigenvalue weighted by Crippen LogP contribution is -2.13. The zero-order valence-corrected chi connectivity index (χ0v) is 14.4. The van der Waals surface area contributed by atoms with Crippen molar-refractivity contribution in [1.82, 2.24) is 4.98 Å². The van der Waals surface area contributed by atoms with Gasteiger partial charge in [0.2, 0.25) is 0 Å². The summed E-state index contributed by atoms with van der Waals surface area (Å²) in [5, 5.41) is 15.3. The van der Waals surface area contributed by atoms with Crippen LogP contribution in [-0.4, -0.2) is 10.9 Å². The predicted octanol–water partition coefficient (Wildman–Crippen LogP) is 4.51. The number of benzene rings is 2. The van der Waals surface area contributed by atoms with E-state index >= 15 is 0 Å². The molecule has 1 aromatic heterocycles. The van der Waals surface area contributed by atoms with Gasteiger partial charge in [-0.05, 0) is 36.2 Å². The van der Waals surface area contributed by atoms with E-state index in [1.807, 2.05) is 43.3 Å². The number of aromatic nitrogens is 1. The lowest BCUT2D eigenvalue weighted by molar-refractivity contribution is 0.102. The summed E-state index contributed by atoms with van der Waals surface area (Å²) in [7, 11) is 0. The van der Waals surface area contributed by atoms with Gasteiger partial charge >= 0.3 is 0 Å². The Hall–Kier alpha value is -3.65. The Morgan fingerprint density at radius 3 is 2.58 bits per heavy atom. The van der Waals surface area contributed by atoms with Gasteiger partial charge < -0.3 is 10.6 Å². The predicted molar refractivity (Wildman–Crippen MR) is 102 cm³/mol. The molecule has 0 saturated carbocycles. The van der Waals surface area contributed by atoms with Gasteiger partial charge in [-0.1, -0.05) is 37.3 Å². The molecule has 0 aliphatic heterocycles. The van der Waals surface area contributed by atoms with Crippen molar-refractivity contribution in [3.63, 3.8) is 0 Å². The maximum atomic E-state index is 12.6. The van der Waals surface area contributed by atoms with E-state index in [0.29, 0.717) is 22.5 Å². The lowest BCUT2D eigenvalue weighted by Gasteiger charge is -2.11. The number of hydrogen-bond acceptors (Lipinski definition) is 4. The molecular weight excluding hydrogens is 324 g/mol. The first-order chi connectivity index (χ1) is 12.7. The van der Waals surface area contributed by atoms with Crippen LogP contribution in [0.5, 0.6) is 0 Å². The van der Waals surface area contributed by atoms with E-state index in [-0.39, 0.29) is 5.91 Å². The molecule has 0 bridgehead atoms. The van der Waals surface area contributed by atoms with Crippen LogP contribution in [-0.2, 0) is 6.42 Å². The summed E-state index contributed by atoms with van der Waals surface area (Å²) in [6, 6.07) is 18.8. The summed E-state index contributed by atoms with van der Waals surface area (Å²) >= 11 is 0. The van der Waals surface area contributed by atoms with Crippen molar-refractivity contribution in [3.8, 4) is 6.07 Å². The Balaban J connectivity index is 1.81. The molecule has 2 N–H and O–H groups in total. The molecule has 3 rings (SSSR count). The molecule has 0 aliphatic rings. The highest BCUT2D eigenvalue weighted by molar-refractivity contribution is 6.05. The zero-order valence-electron chi connectivity index (χ0n) is 14.4. The largest absolute Gasteiger partial charge is 0.353 e. The molecule has 1 heterocycles. The van der Waals surface area contributed by atoms with Gasteiger partial charge in [-0.2, -0.15) is 5.26 Å².